The molecular weight excluding hydrogens is 156 g/mol. The first-order valence-electron chi connectivity index (χ1n) is 4.51. The molecule has 0 bridgehead atoms. The van der Waals surface area contributed by atoms with Crippen molar-refractivity contribution in [3.8, 4) is 0 Å². The van der Waals surface area contributed by atoms with Gasteiger partial charge in [-0.3, -0.25) is 0 Å². The Balaban J connectivity index is 2.36. The van der Waals surface area contributed by atoms with Crippen molar-refractivity contribution in [2.45, 2.75) is 51.6 Å². The molecular formula is C9H18O3. The van der Waals surface area contributed by atoms with Gasteiger partial charge in [-0.2, -0.15) is 0 Å². The van der Waals surface area contributed by atoms with Crippen molar-refractivity contribution in [2.75, 3.05) is 6.61 Å². The Hall–Kier alpha value is -0.120. The van der Waals surface area contributed by atoms with Gasteiger partial charge in [0.15, 0.2) is 5.79 Å². The van der Waals surface area contributed by atoms with Gasteiger partial charge in [0.1, 0.15) is 0 Å². The largest absolute Gasteiger partial charge is 0.396 e. The standard InChI is InChI=1S/C9H18O3/c1-7-8(5-4-6-10)12-9(2,3)11-7/h7-8,10H,4-6H2,1-3H3/t7-,8+/m1/s1. The third-order valence-electron chi connectivity index (χ3n) is 2.08. The van der Waals surface area contributed by atoms with Crippen LogP contribution < -0.4 is 0 Å². The minimum atomic E-state index is -0.445. The number of aliphatic hydroxyl groups excluding tert-OH is 1. The van der Waals surface area contributed by atoms with Gasteiger partial charge in [0, 0.05) is 6.61 Å². The maximum atomic E-state index is 8.65. The van der Waals surface area contributed by atoms with Gasteiger partial charge in [-0.15, -0.1) is 0 Å². The highest BCUT2D eigenvalue weighted by atomic mass is 16.7. The van der Waals surface area contributed by atoms with Gasteiger partial charge in [-0.25, -0.2) is 0 Å². The molecule has 2 atom stereocenters. The lowest BCUT2D eigenvalue weighted by atomic mass is 10.1. The topological polar surface area (TPSA) is 38.7 Å². The van der Waals surface area contributed by atoms with E-state index in [4.69, 9.17) is 14.6 Å². The van der Waals surface area contributed by atoms with E-state index in [9.17, 15) is 0 Å². The van der Waals surface area contributed by atoms with Gasteiger partial charge in [-0.1, -0.05) is 0 Å². The summed E-state index contributed by atoms with van der Waals surface area (Å²) in [4.78, 5) is 0. The van der Waals surface area contributed by atoms with E-state index >= 15 is 0 Å². The highest BCUT2D eigenvalue weighted by Crippen LogP contribution is 2.29. The van der Waals surface area contributed by atoms with E-state index in [-0.39, 0.29) is 18.8 Å². The number of hydrogen-bond acceptors (Lipinski definition) is 3. The summed E-state index contributed by atoms with van der Waals surface area (Å²) in [5, 5.41) is 8.65. The minimum Gasteiger partial charge on any atom is -0.396 e. The maximum Gasteiger partial charge on any atom is 0.163 e. The van der Waals surface area contributed by atoms with E-state index in [0.717, 1.165) is 12.8 Å². The van der Waals surface area contributed by atoms with Gasteiger partial charge in [-0.05, 0) is 33.6 Å². The molecule has 0 amide bonds. The van der Waals surface area contributed by atoms with Crippen LogP contribution in [-0.2, 0) is 9.47 Å². The van der Waals surface area contributed by atoms with Crippen LogP contribution in [0.1, 0.15) is 33.6 Å². The predicted octanol–water partition coefficient (Wildman–Crippen LogP) is 1.30. The number of ether oxygens (including phenoxy) is 2. The monoisotopic (exact) mass is 174 g/mol. The molecule has 1 aliphatic rings. The Morgan fingerprint density at radius 1 is 1.33 bits per heavy atom. The summed E-state index contributed by atoms with van der Waals surface area (Å²) >= 11 is 0. The zero-order valence-corrected chi connectivity index (χ0v) is 8.04. The van der Waals surface area contributed by atoms with E-state index < -0.39 is 5.79 Å². The summed E-state index contributed by atoms with van der Waals surface area (Å²) in [5.41, 5.74) is 0. The van der Waals surface area contributed by atoms with Crippen molar-refractivity contribution in [3.63, 3.8) is 0 Å². The first-order chi connectivity index (χ1) is 5.55. The quantitative estimate of drug-likeness (QED) is 0.701. The molecule has 0 aromatic carbocycles. The molecule has 1 heterocycles. The molecule has 1 aliphatic heterocycles. The van der Waals surface area contributed by atoms with Crippen molar-refractivity contribution in [1.82, 2.24) is 0 Å². The summed E-state index contributed by atoms with van der Waals surface area (Å²) in [7, 11) is 0. The van der Waals surface area contributed by atoms with Gasteiger partial charge < -0.3 is 14.6 Å². The Bertz CT molecular complexity index is 145. The van der Waals surface area contributed by atoms with Gasteiger partial charge >= 0.3 is 0 Å². The molecule has 1 N–H and O–H groups in total. The molecule has 1 saturated heterocycles. The molecule has 0 aromatic heterocycles. The fraction of sp³-hybridized carbons (Fsp3) is 1.00. The predicted molar refractivity (Wildman–Crippen MR) is 45.8 cm³/mol. The van der Waals surface area contributed by atoms with E-state index in [2.05, 4.69) is 0 Å². The van der Waals surface area contributed by atoms with E-state index in [1.54, 1.807) is 0 Å². The molecule has 0 saturated carbocycles. The van der Waals surface area contributed by atoms with Crippen molar-refractivity contribution >= 4 is 0 Å². The molecule has 1 fully saturated rings. The number of rotatable bonds is 3. The fourth-order valence-corrected chi connectivity index (χ4v) is 1.60. The van der Waals surface area contributed by atoms with Crippen LogP contribution in [0.2, 0.25) is 0 Å². The van der Waals surface area contributed by atoms with E-state index in [1.807, 2.05) is 20.8 Å². The zero-order chi connectivity index (χ0) is 9.19. The number of aliphatic hydroxyl groups is 1. The highest BCUT2D eigenvalue weighted by molar-refractivity contribution is 4.77. The molecule has 0 radical (unpaired) electrons. The molecule has 1 rings (SSSR count). The zero-order valence-electron chi connectivity index (χ0n) is 8.04. The van der Waals surface area contributed by atoms with E-state index in [0.29, 0.717) is 0 Å². The lowest BCUT2D eigenvalue weighted by molar-refractivity contribution is -0.145. The fourth-order valence-electron chi connectivity index (χ4n) is 1.60. The van der Waals surface area contributed by atoms with Gasteiger partial charge in [0.25, 0.3) is 0 Å². The first-order valence-corrected chi connectivity index (χ1v) is 4.51. The normalized spacial score (nSPS) is 34.0. The molecule has 0 aromatic rings. The van der Waals surface area contributed by atoms with Gasteiger partial charge in [0.2, 0.25) is 0 Å². The molecule has 0 unspecified atom stereocenters. The van der Waals surface area contributed by atoms with Crippen LogP contribution in [0, 0.1) is 0 Å². The van der Waals surface area contributed by atoms with E-state index in [1.165, 1.54) is 0 Å². The molecule has 72 valence electrons. The minimum absolute atomic E-state index is 0.145. The van der Waals surface area contributed by atoms with Crippen LogP contribution in [-0.4, -0.2) is 29.7 Å². The van der Waals surface area contributed by atoms with Crippen molar-refractivity contribution in [1.29, 1.82) is 0 Å². The average Bonchev–Trinajstić information content (AvgIpc) is 2.20. The van der Waals surface area contributed by atoms with Crippen LogP contribution in [0.15, 0.2) is 0 Å². The second kappa shape index (κ2) is 3.73. The van der Waals surface area contributed by atoms with Crippen LogP contribution >= 0.6 is 0 Å². The third-order valence-corrected chi connectivity index (χ3v) is 2.08. The van der Waals surface area contributed by atoms with Crippen molar-refractivity contribution in [2.24, 2.45) is 0 Å². The summed E-state index contributed by atoms with van der Waals surface area (Å²) in [6, 6.07) is 0. The summed E-state index contributed by atoms with van der Waals surface area (Å²) < 4.78 is 11.2. The summed E-state index contributed by atoms with van der Waals surface area (Å²) in [6.45, 7) is 6.08. The Kier molecular flexibility index (Phi) is 3.09. The molecule has 3 nitrogen and oxygen atoms in total. The first kappa shape index (κ1) is 9.96. The number of hydrogen-bond donors (Lipinski definition) is 1. The second-order valence-corrected chi connectivity index (χ2v) is 3.74. The second-order valence-electron chi connectivity index (χ2n) is 3.74. The molecule has 12 heavy (non-hydrogen) atoms. The molecule has 0 aliphatic carbocycles. The van der Waals surface area contributed by atoms with Crippen molar-refractivity contribution in [3.05, 3.63) is 0 Å². The van der Waals surface area contributed by atoms with Gasteiger partial charge in [0.05, 0.1) is 12.2 Å². The molecule has 3 heteroatoms. The lowest BCUT2D eigenvalue weighted by Crippen LogP contribution is -2.21. The smallest absolute Gasteiger partial charge is 0.163 e. The lowest BCUT2D eigenvalue weighted by Gasteiger charge is -2.16. The summed E-state index contributed by atoms with van der Waals surface area (Å²) in [5.74, 6) is -0.445. The highest BCUT2D eigenvalue weighted by Gasteiger charge is 2.37. The average molecular weight is 174 g/mol. The third kappa shape index (κ3) is 2.44. The Morgan fingerprint density at radius 3 is 2.42 bits per heavy atom. The van der Waals surface area contributed by atoms with Crippen LogP contribution in [0.5, 0.6) is 0 Å². The van der Waals surface area contributed by atoms with Crippen LogP contribution in [0.25, 0.3) is 0 Å². The molecule has 0 spiro atoms. The summed E-state index contributed by atoms with van der Waals surface area (Å²) in [6.07, 6.45) is 1.95. The van der Waals surface area contributed by atoms with Crippen LogP contribution in [0.4, 0.5) is 0 Å². The van der Waals surface area contributed by atoms with Crippen molar-refractivity contribution < 1.29 is 14.6 Å². The maximum absolute atomic E-state index is 8.65. The SMILES string of the molecule is C[C@H]1OC(C)(C)O[C@H]1CCCO. The Morgan fingerprint density at radius 2 is 2.00 bits per heavy atom. The van der Waals surface area contributed by atoms with Crippen LogP contribution in [0.3, 0.4) is 0 Å². The Labute approximate surface area is 73.7 Å².